The average Bonchev–Trinajstić information content (AvgIpc) is 2.15. The molecule has 0 saturated heterocycles. The van der Waals surface area contributed by atoms with Gasteiger partial charge in [0, 0.05) is 0 Å². The van der Waals surface area contributed by atoms with Gasteiger partial charge in [0.1, 0.15) is 5.78 Å². The number of alkyl halides is 3. The molecule has 3 nitrogen and oxygen atoms in total. The number of amides is 1. The third-order valence-corrected chi connectivity index (χ3v) is 1.92. The Morgan fingerprint density at radius 1 is 1.24 bits per heavy atom. The van der Waals surface area contributed by atoms with E-state index in [0.717, 1.165) is 12.1 Å². The van der Waals surface area contributed by atoms with Crippen molar-refractivity contribution in [3.8, 4) is 0 Å². The number of anilines is 1. The van der Waals surface area contributed by atoms with Gasteiger partial charge < -0.3 is 5.32 Å². The molecule has 1 amide bonds. The summed E-state index contributed by atoms with van der Waals surface area (Å²) < 4.78 is 37.6. The Morgan fingerprint density at radius 3 is 2.35 bits per heavy atom. The molecule has 0 aliphatic rings. The first-order valence-electron chi connectivity index (χ1n) is 4.76. The largest absolute Gasteiger partial charge is 0.418 e. The lowest BCUT2D eigenvalue weighted by molar-refractivity contribution is -0.137. The number of hydrogen-bond acceptors (Lipinski definition) is 2. The summed E-state index contributed by atoms with van der Waals surface area (Å²) in [4.78, 5) is 21.8. The van der Waals surface area contributed by atoms with Crippen LogP contribution in [0.2, 0.25) is 0 Å². The number of carbonyl (C=O) groups excluding carboxylic acids is 2. The minimum absolute atomic E-state index is 0.341. The summed E-state index contributed by atoms with van der Waals surface area (Å²) in [6, 6.07) is 4.60. The van der Waals surface area contributed by atoms with E-state index < -0.39 is 29.9 Å². The fourth-order valence-corrected chi connectivity index (χ4v) is 1.26. The summed E-state index contributed by atoms with van der Waals surface area (Å²) in [7, 11) is 0. The predicted molar refractivity (Wildman–Crippen MR) is 55.4 cm³/mol. The normalized spacial score (nSPS) is 11.1. The van der Waals surface area contributed by atoms with Crippen molar-refractivity contribution in [1.29, 1.82) is 0 Å². The number of halogens is 3. The van der Waals surface area contributed by atoms with Crippen LogP contribution in [-0.4, -0.2) is 11.7 Å². The first kappa shape index (κ1) is 13.2. The first-order chi connectivity index (χ1) is 7.80. The van der Waals surface area contributed by atoms with Gasteiger partial charge in [-0.1, -0.05) is 12.1 Å². The highest BCUT2D eigenvalue weighted by atomic mass is 19.4. The van der Waals surface area contributed by atoms with E-state index in [1.54, 1.807) is 0 Å². The zero-order chi connectivity index (χ0) is 13.1. The number of benzene rings is 1. The Morgan fingerprint density at radius 2 is 1.82 bits per heavy atom. The van der Waals surface area contributed by atoms with Gasteiger partial charge in [-0.2, -0.15) is 13.2 Å². The van der Waals surface area contributed by atoms with Crippen LogP contribution < -0.4 is 5.32 Å². The van der Waals surface area contributed by atoms with Crippen molar-refractivity contribution in [2.45, 2.75) is 19.5 Å². The number of hydrogen-bond donors (Lipinski definition) is 1. The Balaban J connectivity index is 2.92. The number of nitrogens with one attached hydrogen (secondary N) is 1. The molecule has 0 heterocycles. The van der Waals surface area contributed by atoms with Gasteiger partial charge in [0.05, 0.1) is 17.7 Å². The average molecular weight is 245 g/mol. The maximum Gasteiger partial charge on any atom is 0.418 e. The molecule has 0 saturated carbocycles. The molecule has 1 aromatic rings. The van der Waals surface area contributed by atoms with E-state index in [4.69, 9.17) is 0 Å². The number of ketones is 1. The maximum absolute atomic E-state index is 12.5. The molecule has 0 aromatic heterocycles. The van der Waals surface area contributed by atoms with Crippen LogP contribution in [-0.2, 0) is 15.8 Å². The van der Waals surface area contributed by atoms with Crippen molar-refractivity contribution >= 4 is 17.4 Å². The van der Waals surface area contributed by atoms with Gasteiger partial charge >= 0.3 is 6.18 Å². The zero-order valence-corrected chi connectivity index (χ0v) is 8.97. The second kappa shape index (κ2) is 4.99. The van der Waals surface area contributed by atoms with Gasteiger partial charge in [0.2, 0.25) is 5.91 Å². The van der Waals surface area contributed by atoms with Crippen molar-refractivity contribution in [3.05, 3.63) is 29.8 Å². The second-order valence-electron chi connectivity index (χ2n) is 3.47. The maximum atomic E-state index is 12.5. The highest BCUT2D eigenvalue weighted by molar-refractivity contribution is 6.03. The molecule has 0 fully saturated rings. The van der Waals surface area contributed by atoms with Crippen LogP contribution in [0.1, 0.15) is 18.9 Å². The van der Waals surface area contributed by atoms with E-state index in [1.165, 1.54) is 19.1 Å². The summed E-state index contributed by atoms with van der Waals surface area (Å²) in [6.07, 6.45) is -4.98. The lowest BCUT2D eigenvalue weighted by Gasteiger charge is -2.12. The predicted octanol–water partition coefficient (Wildman–Crippen LogP) is 2.62. The van der Waals surface area contributed by atoms with Gasteiger partial charge in [-0.3, -0.25) is 9.59 Å². The monoisotopic (exact) mass is 245 g/mol. The Kier molecular flexibility index (Phi) is 3.88. The van der Waals surface area contributed by atoms with Crippen molar-refractivity contribution in [1.82, 2.24) is 0 Å². The molecule has 1 N–H and O–H groups in total. The molecule has 0 radical (unpaired) electrons. The van der Waals surface area contributed by atoms with Crippen LogP contribution >= 0.6 is 0 Å². The van der Waals surface area contributed by atoms with Gasteiger partial charge in [0.25, 0.3) is 0 Å². The molecule has 0 bridgehead atoms. The van der Waals surface area contributed by atoms with Crippen LogP contribution in [0.15, 0.2) is 24.3 Å². The van der Waals surface area contributed by atoms with Crippen LogP contribution in [0.5, 0.6) is 0 Å². The van der Waals surface area contributed by atoms with Gasteiger partial charge in [0.15, 0.2) is 0 Å². The van der Waals surface area contributed by atoms with Crippen molar-refractivity contribution in [3.63, 3.8) is 0 Å². The van der Waals surface area contributed by atoms with E-state index in [2.05, 4.69) is 5.32 Å². The van der Waals surface area contributed by atoms with Crippen molar-refractivity contribution < 1.29 is 22.8 Å². The third-order valence-electron chi connectivity index (χ3n) is 1.92. The van der Waals surface area contributed by atoms with E-state index in [1.807, 2.05) is 0 Å². The fourth-order valence-electron chi connectivity index (χ4n) is 1.26. The molecule has 1 rings (SSSR count). The molecular formula is C11H10F3NO2. The van der Waals surface area contributed by atoms with Gasteiger partial charge in [-0.25, -0.2) is 0 Å². The van der Waals surface area contributed by atoms with Crippen LogP contribution in [0.3, 0.4) is 0 Å². The SMILES string of the molecule is CC(=O)CC(=O)Nc1ccccc1C(F)(F)F. The quantitative estimate of drug-likeness (QED) is 0.832. The second-order valence-corrected chi connectivity index (χ2v) is 3.47. The standard InChI is InChI=1S/C11H10F3NO2/c1-7(16)6-10(17)15-9-5-3-2-4-8(9)11(12,13)14/h2-5H,6H2,1H3,(H,15,17). The molecule has 0 aliphatic heterocycles. The lowest BCUT2D eigenvalue weighted by atomic mass is 10.1. The highest BCUT2D eigenvalue weighted by Gasteiger charge is 2.33. The van der Waals surface area contributed by atoms with Gasteiger partial charge in [-0.05, 0) is 19.1 Å². The third kappa shape index (κ3) is 3.90. The Labute approximate surface area is 95.6 Å². The molecule has 1 aromatic carbocycles. The molecule has 0 aliphatic carbocycles. The molecule has 17 heavy (non-hydrogen) atoms. The number of rotatable bonds is 3. The van der Waals surface area contributed by atoms with E-state index >= 15 is 0 Å². The van der Waals surface area contributed by atoms with E-state index in [-0.39, 0.29) is 5.69 Å². The van der Waals surface area contributed by atoms with Crippen LogP contribution in [0.4, 0.5) is 18.9 Å². The highest BCUT2D eigenvalue weighted by Crippen LogP contribution is 2.34. The van der Waals surface area contributed by atoms with E-state index in [9.17, 15) is 22.8 Å². The van der Waals surface area contributed by atoms with Crippen LogP contribution in [0, 0.1) is 0 Å². The molecule has 0 spiro atoms. The fraction of sp³-hybridized carbons (Fsp3) is 0.273. The zero-order valence-electron chi connectivity index (χ0n) is 8.97. The molecule has 0 unspecified atom stereocenters. The summed E-state index contributed by atoms with van der Waals surface area (Å²) in [5, 5.41) is 2.07. The molecular weight excluding hydrogens is 235 g/mol. The van der Waals surface area contributed by atoms with Crippen molar-refractivity contribution in [2.24, 2.45) is 0 Å². The molecule has 0 atom stereocenters. The number of para-hydroxylation sites is 1. The minimum atomic E-state index is -4.54. The smallest absolute Gasteiger partial charge is 0.325 e. The summed E-state index contributed by atoms with van der Waals surface area (Å²) in [5.74, 6) is -1.17. The van der Waals surface area contributed by atoms with E-state index in [0.29, 0.717) is 0 Å². The lowest BCUT2D eigenvalue weighted by Crippen LogP contribution is -2.18. The number of carbonyl (C=O) groups is 2. The Hall–Kier alpha value is -1.85. The topological polar surface area (TPSA) is 46.2 Å². The summed E-state index contributed by atoms with van der Waals surface area (Å²) in [6.45, 7) is 1.19. The first-order valence-corrected chi connectivity index (χ1v) is 4.76. The Bertz CT molecular complexity index is 441. The van der Waals surface area contributed by atoms with Crippen LogP contribution in [0.25, 0.3) is 0 Å². The van der Waals surface area contributed by atoms with Crippen molar-refractivity contribution in [2.75, 3.05) is 5.32 Å². The summed E-state index contributed by atoms with van der Waals surface area (Å²) >= 11 is 0. The van der Waals surface area contributed by atoms with Gasteiger partial charge in [-0.15, -0.1) is 0 Å². The summed E-state index contributed by atoms with van der Waals surface area (Å²) in [5.41, 5.74) is -1.27. The number of Topliss-reactive ketones (excluding diaryl/α,β-unsaturated/α-hetero) is 1. The molecule has 6 heteroatoms. The minimum Gasteiger partial charge on any atom is -0.325 e. The molecule has 92 valence electrons.